The van der Waals surface area contributed by atoms with Gasteiger partial charge in [0.25, 0.3) is 0 Å². The van der Waals surface area contributed by atoms with Gasteiger partial charge in [0.1, 0.15) is 5.41 Å². The molecule has 80 valence electrons. The second kappa shape index (κ2) is 4.84. The Morgan fingerprint density at radius 2 is 2.20 bits per heavy atom. The van der Waals surface area contributed by atoms with Gasteiger partial charge in [-0.15, -0.1) is 6.42 Å². The zero-order valence-electron chi connectivity index (χ0n) is 9.05. The molecule has 0 aliphatic heterocycles. The van der Waals surface area contributed by atoms with Crippen molar-refractivity contribution >= 4 is 5.91 Å². The third-order valence-corrected chi connectivity index (χ3v) is 3.02. The van der Waals surface area contributed by atoms with Crippen molar-refractivity contribution in [2.24, 2.45) is 5.41 Å². The van der Waals surface area contributed by atoms with Crippen molar-refractivity contribution < 1.29 is 4.79 Å². The van der Waals surface area contributed by atoms with Crippen molar-refractivity contribution in [3.63, 3.8) is 0 Å². The predicted molar refractivity (Wildman–Crippen MR) is 57.6 cm³/mol. The summed E-state index contributed by atoms with van der Waals surface area (Å²) in [6.07, 6.45) is 9.20. The van der Waals surface area contributed by atoms with Crippen LogP contribution in [0.2, 0.25) is 0 Å². The second-order valence-electron chi connectivity index (χ2n) is 4.00. The summed E-state index contributed by atoms with van der Waals surface area (Å²) in [5, 5.41) is 11.8. The van der Waals surface area contributed by atoms with Crippen LogP contribution in [0.3, 0.4) is 0 Å². The van der Waals surface area contributed by atoms with E-state index in [0.717, 1.165) is 12.8 Å². The van der Waals surface area contributed by atoms with Gasteiger partial charge in [-0.05, 0) is 19.3 Å². The molecule has 1 aliphatic carbocycles. The highest BCUT2D eigenvalue weighted by Crippen LogP contribution is 2.37. The van der Waals surface area contributed by atoms with Crippen molar-refractivity contribution in [3.8, 4) is 18.4 Å². The van der Waals surface area contributed by atoms with Gasteiger partial charge in [0, 0.05) is 0 Å². The van der Waals surface area contributed by atoms with E-state index in [2.05, 4.69) is 17.3 Å². The Morgan fingerprint density at radius 3 is 2.60 bits per heavy atom. The summed E-state index contributed by atoms with van der Waals surface area (Å²) in [4.78, 5) is 11.9. The lowest BCUT2D eigenvalue weighted by molar-refractivity contribution is -0.128. The Balaban J connectivity index is 2.68. The first-order valence-electron chi connectivity index (χ1n) is 5.37. The summed E-state index contributed by atoms with van der Waals surface area (Å²) in [5.74, 6) is 2.32. The van der Waals surface area contributed by atoms with Gasteiger partial charge in [-0.3, -0.25) is 4.79 Å². The zero-order chi connectivity index (χ0) is 11.3. The molecule has 0 aromatic rings. The second-order valence-corrected chi connectivity index (χ2v) is 4.00. The molecule has 1 fully saturated rings. The van der Waals surface area contributed by atoms with Crippen LogP contribution < -0.4 is 5.32 Å². The fraction of sp³-hybridized carbons (Fsp3) is 0.667. The topological polar surface area (TPSA) is 52.9 Å². The molecule has 1 atom stereocenters. The van der Waals surface area contributed by atoms with E-state index in [4.69, 9.17) is 11.7 Å². The molecule has 0 radical (unpaired) electrons. The van der Waals surface area contributed by atoms with E-state index in [-0.39, 0.29) is 11.9 Å². The van der Waals surface area contributed by atoms with Crippen molar-refractivity contribution in [1.82, 2.24) is 5.32 Å². The van der Waals surface area contributed by atoms with Gasteiger partial charge in [-0.2, -0.15) is 5.26 Å². The number of nitrogens with zero attached hydrogens (tertiary/aromatic N) is 1. The first kappa shape index (κ1) is 11.6. The molecule has 1 saturated carbocycles. The number of terminal acetylenes is 1. The number of amides is 1. The molecule has 0 bridgehead atoms. The Kier molecular flexibility index (Phi) is 3.74. The van der Waals surface area contributed by atoms with Crippen LogP contribution in [0.4, 0.5) is 0 Å². The highest BCUT2D eigenvalue weighted by atomic mass is 16.2. The molecule has 0 aromatic heterocycles. The van der Waals surface area contributed by atoms with E-state index in [1.807, 2.05) is 6.92 Å². The predicted octanol–water partition coefficient (Wildman–Crippen LogP) is 1.60. The highest BCUT2D eigenvalue weighted by molar-refractivity contribution is 5.86. The molecule has 3 heteroatoms. The molecule has 1 rings (SSSR count). The average molecular weight is 204 g/mol. The highest BCUT2D eigenvalue weighted by Gasteiger charge is 2.41. The molecule has 15 heavy (non-hydrogen) atoms. The van der Waals surface area contributed by atoms with Crippen LogP contribution in [0, 0.1) is 29.1 Å². The molecule has 0 saturated heterocycles. The number of carbonyl (C=O) groups excluding carboxylic acids is 1. The van der Waals surface area contributed by atoms with Crippen molar-refractivity contribution in [3.05, 3.63) is 0 Å². The lowest BCUT2D eigenvalue weighted by Gasteiger charge is -2.21. The number of rotatable bonds is 3. The maximum atomic E-state index is 11.9. The molecule has 1 unspecified atom stereocenters. The molecular formula is C12H16N2O. The van der Waals surface area contributed by atoms with Crippen LogP contribution in [0.5, 0.6) is 0 Å². The van der Waals surface area contributed by atoms with Crippen LogP contribution in [0.15, 0.2) is 0 Å². The van der Waals surface area contributed by atoms with Gasteiger partial charge in [0.2, 0.25) is 5.91 Å². The molecular weight excluding hydrogens is 188 g/mol. The van der Waals surface area contributed by atoms with Gasteiger partial charge >= 0.3 is 0 Å². The SMILES string of the molecule is C#CC(CC)NC(=O)C1(C#N)CCCC1. The monoisotopic (exact) mass is 204 g/mol. The van der Waals surface area contributed by atoms with Gasteiger partial charge in [0.05, 0.1) is 12.1 Å². The Labute approximate surface area is 90.9 Å². The minimum absolute atomic E-state index is 0.188. The van der Waals surface area contributed by atoms with Crippen molar-refractivity contribution in [2.75, 3.05) is 0 Å². The smallest absolute Gasteiger partial charge is 0.241 e. The molecule has 1 amide bonds. The van der Waals surface area contributed by atoms with Crippen molar-refractivity contribution in [1.29, 1.82) is 5.26 Å². The molecule has 1 aliphatic rings. The number of carbonyl (C=O) groups is 1. The summed E-state index contributed by atoms with van der Waals surface area (Å²) in [6.45, 7) is 1.92. The lowest BCUT2D eigenvalue weighted by atomic mass is 9.86. The quantitative estimate of drug-likeness (QED) is 0.710. The Bertz CT molecular complexity index is 315. The summed E-state index contributed by atoms with van der Waals surface area (Å²) in [7, 11) is 0. The molecule has 1 N–H and O–H groups in total. The minimum Gasteiger partial charge on any atom is -0.341 e. The van der Waals surface area contributed by atoms with Crippen LogP contribution >= 0.6 is 0 Å². The largest absolute Gasteiger partial charge is 0.341 e. The Hall–Kier alpha value is -1.48. The first-order chi connectivity index (χ1) is 7.18. The molecule has 0 aromatic carbocycles. The minimum atomic E-state index is -0.815. The van der Waals surface area contributed by atoms with E-state index in [9.17, 15) is 4.79 Å². The first-order valence-corrected chi connectivity index (χ1v) is 5.37. The fourth-order valence-electron chi connectivity index (χ4n) is 1.93. The van der Waals surface area contributed by atoms with Crippen LogP contribution in [0.1, 0.15) is 39.0 Å². The molecule has 3 nitrogen and oxygen atoms in total. The number of hydrogen-bond donors (Lipinski definition) is 1. The summed E-state index contributed by atoms with van der Waals surface area (Å²) in [5.41, 5.74) is -0.815. The standard InChI is InChI=1S/C12H16N2O/c1-3-10(4-2)14-11(15)12(9-13)7-5-6-8-12/h1,10H,4-8H2,2H3,(H,14,15). The maximum absolute atomic E-state index is 11.9. The number of nitriles is 1. The summed E-state index contributed by atoms with van der Waals surface area (Å²) >= 11 is 0. The number of nitrogens with one attached hydrogen (secondary N) is 1. The normalized spacial score (nSPS) is 19.9. The van der Waals surface area contributed by atoms with Crippen LogP contribution in [-0.2, 0) is 4.79 Å². The summed E-state index contributed by atoms with van der Waals surface area (Å²) < 4.78 is 0. The number of hydrogen-bond acceptors (Lipinski definition) is 2. The zero-order valence-corrected chi connectivity index (χ0v) is 9.05. The lowest BCUT2D eigenvalue weighted by Crippen LogP contribution is -2.43. The third kappa shape index (κ3) is 2.30. The molecule has 0 spiro atoms. The Morgan fingerprint density at radius 1 is 1.60 bits per heavy atom. The van der Waals surface area contributed by atoms with Gasteiger partial charge < -0.3 is 5.32 Å². The molecule has 0 heterocycles. The van der Waals surface area contributed by atoms with E-state index in [0.29, 0.717) is 19.3 Å². The van der Waals surface area contributed by atoms with Crippen LogP contribution in [-0.4, -0.2) is 11.9 Å². The van der Waals surface area contributed by atoms with Gasteiger partial charge in [-0.25, -0.2) is 0 Å². The van der Waals surface area contributed by atoms with E-state index in [1.54, 1.807) is 0 Å². The maximum Gasteiger partial charge on any atom is 0.241 e. The van der Waals surface area contributed by atoms with Crippen LogP contribution in [0.25, 0.3) is 0 Å². The fourth-order valence-corrected chi connectivity index (χ4v) is 1.93. The average Bonchev–Trinajstić information content (AvgIpc) is 2.75. The van der Waals surface area contributed by atoms with Gasteiger partial charge in [-0.1, -0.05) is 25.7 Å². The van der Waals surface area contributed by atoms with Crippen molar-refractivity contribution in [2.45, 2.75) is 45.1 Å². The summed E-state index contributed by atoms with van der Waals surface area (Å²) in [6, 6.07) is 1.90. The van der Waals surface area contributed by atoms with Gasteiger partial charge in [0.15, 0.2) is 0 Å². The van der Waals surface area contributed by atoms with E-state index < -0.39 is 5.41 Å². The van der Waals surface area contributed by atoms with E-state index >= 15 is 0 Å². The van der Waals surface area contributed by atoms with E-state index in [1.165, 1.54) is 0 Å². The third-order valence-electron chi connectivity index (χ3n) is 3.02.